The van der Waals surface area contributed by atoms with Crippen LogP contribution < -0.4 is 10.6 Å². The van der Waals surface area contributed by atoms with Crippen LogP contribution >= 0.6 is 0 Å². The normalized spacial score (nSPS) is 10.4. The molecule has 1 aromatic heterocycles. The van der Waals surface area contributed by atoms with Crippen LogP contribution in [0.3, 0.4) is 0 Å². The lowest BCUT2D eigenvalue weighted by Crippen LogP contribution is -2.15. The second kappa shape index (κ2) is 7.64. The number of amides is 1. The van der Waals surface area contributed by atoms with E-state index in [0.717, 1.165) is 12.1 Å². The first-order chi connectivity index (χ1) is 12.5. The van der Waals surface area contributed by atoms with Gasteiger partial charge >= 0.3 is 0 Å². The van der Waals surface area contributed by atoms with Crippen LogP contribution in [0.25, 0.3) is 0 Å². The van der Waals surface area contributed by atoms with Crippen LogP contribution in [-0.2, 0) is 6.54 Å². The summed E-state index contributed by atoms with van der Waals surface area (Å²) < 4.78 is 40.7. The third kappa shape index (κ3) is 3.97. The summed E-state index contributed by atoms with van der Waals surface area (Å²) in [6.45, 7) is 0.165. The van der Waals surface area contributed by atoms with Gasteiger partial charge in [-0.3, -0.25) is 4.79 Å². The Morgan fingerprint density at radius 2 is 1.50 bits per heavy atom. The molecule has 0 aliphatic rings. The molecule has 8 heteroatoms. The molecule has 0 aliphatic carbocycles. The van der Waals surface area contributed by atoms with E-state index in [9.17, 15) is 18.0 Å². The van der Waals surface area contributed by atoms with Crippen molar-refractivity contribution >= 4 is 17.5 Å². The molecule has 0 bridgehead atoms. The molecule has 132 valence electrons. The number of carbonyl (C=O) groups excluding carboxylic acids is 1. The number of anilines is 2. The molecule has 5 nitrogen and oxygen atoms in total. The zero-order valence-electron chi connectivity index (χ0n) is 13.3. The number of rotatable bonds is 5. The Balaban J connectivity index is 1.65. The predicted octanol–water partition coefficient (Wildman–Crippen LogP) is 3.76. The molecule has 2 aromatic carbocycles. The maximum atomic E-state index is 13.6. The van der Waals surface area contributed by atoms with Crippen LogP contribution in [0.15, 0.2) is 54.9 Å². The monoisotopic (exact) mass is 358 g/mol. The summed E-state index contributed by atoms with van der Waals surface area (Å²) in [5.74, 6) is -2.70. The lowest BCUT2D eigenvalue weighted by atomic mass is 10.2. The zero-order chi connectivity index (χ0) is 18.5. The number of halogens is 3. The minimum atomic E-state index is -0.887. The SMILES string of the molecule is O=C(Nc1c(F)cccc1F)c1cnc(NCc2ccccc2F)nc1. The summed E-state index contributed by atoms with van der Waals surface area (Å²) in [5.41, 5.74) is -0.0868. The van der Waals surface area contributed by atoms with Crippen molar-refractivity contribution in [3.63, 3.8) is 0 Å². The Bertz CT molecular complexity index is 912. The van der Waals surface area contributed by atoms with E-state index in [-0.39, 0.29) is 23.9 Å². The number of hydrogen-bond donors (Lipinski definition) is 2. The van der Waals surface area contributed by atoms with Crippen LogP contribution in [0.1, 0.15) is 15.9 Å². The first-order valence-corrected chi connectivity index (χ1v) is 7.59. The van der Waals surface area contributed by atoms with Crippen molar-refractivity contribution in [3.8, 4) is 0 Å². The van der Waals surface area contributed by atoms with Gasteiger partial charge in [0.1, 0.15) is 23.1 Å². The molecule has 0 fully saturated rings. The second-order valence-corrected chi connectivity index (χ2v) is 5.29. The van der Waals surface area contributed by atoms with Gasteiger partial charge < -0.3 is 10.6 Å². The molecule has 1 amide bonds. The quantitative estimate of drug-likeness (QED) is 0.729. The fourth-order valence-electron chi connectivity index (χ4n) is 2.16. The lowest BCUT2D eigenvalue weighted by molar-refractivity contribution is 0.102. The molecular weight excluding hydrogens is 345 g/mol. The van der Waals surface area contributed by atoms with Crippen molar-refractivity contribution in [2.45, 2.75) is 6.54 Å². The fraction of sp³-hybridized carbons (Fsp3) is 0.0556. The van der Waals surface area contributed by atoms with Crippen molar-refractivity contribution < 1.29 is 18.0 Å². The number of benzene rings is 2. The van der Waals surface area contributed by atoms with Gasteiger partial charge in [-0.05, 0) is 18.2 Å². The first-order valence-electron chi connectivity index (χ1n) is 7.59. The van der Waals surface area contributed by atoms with E-state index in [2.05, 4.69) is 20.6 Å². The van der Waals surface area contributed by atoms with E-state index in [1.165, 1.54) is 24.5 Å². The molecule has 0 spiro atoms. The van der Waals surface area contributed by atoms with Crippen molar-refractivity contribution in [1.82, 2.24) is 9.97 Å². The number of nitrogens with one attached hydrogen (secondary N) is 2. The zero-order valence-corrected chi connectivity index (χ0v) is 13.3. The van der Waals surface area contributed by atoms with Gasteiger partial charge in [0.2, 0.25) is 5.95 Å². The van der Waals surface area contributed by atoms with E-state index in [4.69, 9.17) is 0 Å². The molecule has 0 saturated carbocycles. The van der Waals surface area contributed by atoms with Crippen LogP contribution in [0, 0.1) is 17.5 Å². The number of hydrogen-bond acceptors (Lipinski definition) is 4. The largest absolute Gasteiger partial charge is 0.350 e. The van der Waals surface area contributed by atoms with Crippen molar-refractivity contribution in [3.05, 3.63) is 83.4 Å². The highest BCUT2D eigenvalue weighted by Gasteiger charge is 2.14. The standard InChI is InChI=1S/C18H13F3N4O/c19-13-5-2-1-4-11(13)8-22-18-23-9-12(10-24-18)17(26)25-16-14(20)6-3-7-15(16)21/h1-7,9-10H,8H2,(H,25,26)(H,22,23,24). The molecule has 0 atom stereocenters. The Hall–Kier alpha value is -3.42. The topological polar surface area (TPSA) is 66.9 Å². The predicted molar refractivity (Wildman–Crippen MR) is 90.1 cm³/mol. The molecule has 3 aromatic rings. The van der Waals surface area contributed by atoms with Crippen LogP contribution in [0.5, 0.6) is 0 Å². The van der Waals surface area contributed by atoms with Gasteiger partial charge in [0.05, 0.1) is 5.56 Å². The summed E-state index contributed by atoms with van der Waals surface area (Å²) >= 11 is 0. The first kappa shape index (κ1) is 17.4. The summed E-state index contributed by atoms with van der Waals surface area (Å²) in [7, 11) is 0. The summed E-state index contributed by atoms with van der Waals surface area (Å²) in [6, 6.07) is 9.51. The minimum absolute atomic E-state index is 0.0177. The van der Waals surface area contributed by atoms with E-state index in [1.54, 1.807) is 18.2 Å². The minimum Gasteiger partial charge on any atom is -0.350 e. The second-order valence-electron chi connectivity index (χ2n) is 5.29. The van der Waals surface area contributed by atoms with E-state index in [1.807, 2.05) is 0 Å². The molecule has 0 radical (unpaired) electrons. The molecular formula is C18H13F3N4O. The van der Waals surface area contributed by atoms with Crippen LogP contribution in [0.4, 0.5) is 24.8 Å². The van der Waals surface area contributed by atoms with Gasteiger partial charge in [0, 0.05) is 24.5 Å². The van der Waals surface area contributed by atoms with Gasteiger partial charge in [0.15, 0.2) is 0 Å². The van der Waals surface area contributed by atoms with Crippen molar-refractivity contribution in [1.29, 1.82) is 0 Å². The highest BCUT2D eigenvalue weighted by atomic mass is 19.1. The molecule has 1 heterocycles. The molecule has 0 unspecified atom stereocenters. The van der Waals surface area contributed by atoms with Gasteiger partial charge in [0.25, 0.3) is 5.91 Å². The summed E-state index contributed by atoms with van der Waals surface area (Å²) in [6.07, 6.45) is 2.40. The van der Waals surface area contributed by atoms with Crippen LogP contribution in [-0.4, -0.2) is 15.9 Å². The Morgan fingerprint density at radius 3 is 2.15 bits per heavy atom. The van der Waals surface area contributed by atoms with Crippen molar-refractivity contribution in [2.24, 2.45) is 0 Å². The fourth-order valence-corrected chi connectivity index (χ4v) is 2.16. The average molecular weight is 358 g/mol. The van der Waals surface area contributed by atoms with Gasteiger partial charge in [-0.2, -0.15) is 0 Å². The molecule has 26 heavy (non-hydrogen) atoms. The third-order valence-electron chi connectivity index (χ3n) is 3.51. The Kier molecular flexibility index (Phi) is 5.12. The maximum absolute atomic E-state index is 13.6. The third-order valence-corrected chi connectivity index (χ3v) is 3.51. The van der Waals surface area contributed by atoms with E-state index >= 15 is 0 Å². The Morgan fingerprint density at radius 1 is 0.885 bits per heavy atom. The molecule has 2 N–H and O–H groups in total. The number of aromatic nitrogens is 2. The lowest BCUT2D eigenvalue weighted by Gasteiger charge is -2.08. The molecule has 3 rings (SSSR count). The van der Waals surface area contributed by atoms with Gasteiger partial charge in [-0.15, -0.1) is 0 Å². The molecule has 0 saturated heterocycles. The Labute approximate surface area is 146 Å². The van der Waals surface area contributed by atoms with Gasteiger partial charge in [-0.1, -0.05) is 24.3 Å². The number of carbonyl (C=O) groups is 1. The smallest absolute Gasteiger partial charge is 0.258 e. The number of nitrogens with zero attached hydrogens (tertiary/aromatic N) is 2. The highest BCUT2D eigenvalue weighted by molar-refractivity contribution is 6.04. The van der Waals surface area contributed by atoms with Crippen LogP contribution in [0.2, 0.25) is 0 Å². The molecule has 0 aliphatic heterocycles. The van der Waals surface area contributed by atoms with E-state index in [0.29, 0.717) is 5.56 Å². The summed E-state index contributed by atoms with van der Waals surface area (Å²) in [4.78, 5) is 19.9. The van der Waals surface area contributed by atoms with Gasteiger partial charge in [-0.25, -0.2) is 23.1 Å². The number of para-hydroxylation sites is 1. The highest BCUT2D eigenvalue weighted by Crippen LogP contribution is 2.19. The van der Waals surface area contributed by atoms with Crippen molar-refractivity contribution in [2.75, 3.05) is 10.6 Å². The maximum Gasteiger partial charge on any atom is 0.258 e. The summed E-state index contributed by atoms with van der Waals surface area (Å²) in [5, 5.41) is 4.96. The average Bonchev–Trinajstić information content (AvgIpc) is 2.64. The van der Waals surface area contributed by atoms with E-state index < -0.39 is 23.2 Å².